The molecule has 0 saturated carbocycles. The van der Waals surface area contributed by atoms with Crippen molar-refractivity contribution < 1.29 is 4.79 Å². The molecule has 1 aromatic rings. The van der Waals surface area contributed by atoms with Crippen molar-refractivity contribution in [3.8, 4) is 6.07 Å². The quantitative estimate of drug-likeness (QED) is 0.779. The first-order valence-electron chi connectivity index (χ1n) is 6.01. The summed E-state index contributed by atoms with van der Waals surface area (Å²) in [5.41, 5.74) is 7.06. The van der Waals surface area contributed by atoms with Gasteiger partial charge in [0.2, 0.25) is 5.91 Å². The van der Waals surface area contributed by atoms with Crippen molar-refractivity contribution in [3.63, 3.8) is 0 Å². The van der Waals surface area contributed by atoms with Crippen molar-refractivity contribution in [2.45, 2.75) is 12.5 Å². The Balaban J connectivity index is 2.40. The molecule has 1 atom stereocenters. The van der Waals surface area contributed by atoms with Crippen LogP contribution in [0.1, 0.15) is 12.0 Å². The van der Waals surface area contributed by atoms with Gasteiger partial charge in [0.1, 0.15) is 12.1 Å². The minimum absolute atomic E-state index is 0.0669. The lowest BCUT2D eigenvalue weighted by molar-refractivity contribution is -0.121. The van der Waals surface area contributed by atoms with Crippen molar-refractivity contribution in [2.24, 2.45) is 5.73 Å². The van der Waals surface area contributed by atoms with Gasteiger partial charge in [-0.15, -0.1) is 0 Å². The number of nitrogens with zero attached hydrogens (tertiary/aromatic N) is 2. The van der Waals surface area contributed by atoms with Gasteiger partial charge in [-0.1, -0.05) is 12.1 Å². The van der Waals surface area contributed by atoms with Crippen molar-refractivity contribution in [1.82, 2.24) is 5.32 Å². The van der Waals surface area contributed by atoms with Crippen molar-refractivity contribution >= 4 is 11.6 Å². The smallest absolute Gasteiger partial charge is 0.244 e. The molecule has 1 fully saturated rings. The summed E-state index contributed by atoms with van der Waals surface area (Å²) < 4.78 is 0. The number of hydrogen-bond acceptors (Lipinski definition) is 4. The summed E-state index contributed by atoms with van der Waals surface area (Å²) in [5.74, 6) is -0.0669. The molecule has 5 heteroatoms. The number of rotatable bonds is 2. The fourth-order valence-electron chi connectivity index (χ4n) is 2.22. The average Bonchev–Trinajstić information content (AvgIpc) is 2.60. The van der Waals surface area contributed by atoms with Crippen molar-refractivity contribution in [2.75, 3.05) is 24.5 Å². The number of nitrogens with one attached hydrogen (secondary N) is 1. The average molecular weight is 244 g/mol. The van der Waals surface area contributed by atoms with E-state index in [9.17, 15) is 4.79 Å². The zero-order valence-corrected chi connectivity index (χ0v) is 10.1. The summed E-state index contributed by atoms with van der Waals surface area (Å²) in [7, 11) is 0. The molecule has 1 heterocycles. The zero-order valence-electron chi connectivity index (χ0n) is 10.1. The molecule has 94 valence electrons. The van der Waals surface area contributed by atoms with Crippen LogP contribution < -0.4 is 16.0 Å². The van der Waals surface area contributed by atoms with Crippen LogP contribution in [0.3, 0.4) is 0 Å². The van der Waals surface area contributed by atoms with Gasteiger partial charge in [0.25, 0.3) is 0 Å². The molecule has 1 amide bonds. The van der Waals surface area contributed by atoms with Gasteiger partial charge in [0.05, 0.1) is 11.3 Å². The first-order chi connectivity index (χ1) is 8.77. The largest absolute Gasteiger partial charge is 0.357 e. The number of nitriles is 1. The molecular formula is C13H16N4O. The third-order valence-electron chi connectivity index (χ3n) is 3.11. The number of carbonyl (C=O) groups is 1. The van der Waals surface area contributed by atoms with Gasteiger partial charge in [0.15, 0.2) is 0 Å². The Morgan fingerprint density at radius 3 is 3.00 bits per heavy atom. The molecule has 0 bridgehead atoms. The van der Waals surface area contributed by atoms with Crippen LogP contribution in [0.2, 0.25) is 0 Å². The normalized spacial score (nSPS) is 19.9. The SMILES string of the molecule is N#Cc1ccccc1N1CCCNC(=O)C1CN. The molecule has 1 unspecified atom stereocenters. The van der Waals surface area contributed by atoms with E-state index in [1.807, 2.05) is 23.1 Å². The number of carbonyl (C=O) groups excluding carboxylic acids is 1. The van der Waals surface area contributed by atoms with Crippen LogP contribution in [0.4, 0.5) is 5.69 Å². The standard InChI is InChI=1S/C13H16N4O/c14-8-10-4-1-2-5-11(10)17-7-3-6-16-13(18)12(17)9-15/h1-2,4-5,12H,3,6-7,9,15H2,(H,16,18). The second kappa shape index (κ2) is 5.52. The molecule has 0 spiro atoms. The summed E-state index contributed by atoms with van der Waals surface area (Å²) in [6, 6.07) is 9.06. The van der Waals surface area contributed by atoms with E-state index in [1.165, 1.54) is 0 Å². The van der Waals surface area contributed by atoms with E-state index in [0.29, 0.717) is 12.1 Å². The number of anilines is 1. The molecule has 1 aromatic carbocycles. The third kappa shape index (κ3) is 2.29. The number of hydrogen-bond donors (Lipinski definition) is 2. The molecule has 1 aliphatic rings. The molecule has 1 aliphatic heterocycles. The molecule has 0 aliphatic carbocycles. The Kier molecular flexibility index (Phi) is 3.80. The molecule has 3 N–H and O–H groups in total. The summed E-state index contributed by atoms with van der Waals surface area (Å²) in [6.07, 6.45) is 0.849. The van der Waals surface area contributed by atoms with Gasteiger partial charge in [-0.3, -0.25) is 4.79 Å². The van der Waals surface area contributed by atoms with Gasteiger partial charge in [-0.05, 0) is 18.6 Å². The van der Waals surface area contributed by atoms with E-state index in [-0.39, 0.29) is 12.5 Å². The highest BCUT2D eigenvalue weighted by atomic mass is 16.2. The summed E-state index contributed by atoms with van der Waals surface area (Å²) in [5, 5.41) is 12.0. The molecular weight excluding hydrogens is 228 g/mol. The Hall–Kier alpha value is -2.06. The fourth-order valence-corrected chi connectivity index (χ4v) is 2.22. The lowest BCUT2D eigenvalue weighted by Gasteiger charge is -2.30. The maximum absolute atomic E-state index is 11.9. The minimum Gasteiger partial charge on any atom is -0.357 e. The summed E-state index contributed by atoms with van der Waals surface area (Å²) in [6.45, 7) is 1.62. The molecule has 2 rings (SSSR count). The van der Waals surface area contributed by atoms with Gasteiger partial charge >= 0.3 is 0 Å². The predicted molar refractivity (Wildman–Crippen MR) is 69.0 cm³/mol. The van der Waals surface area contributed by atoms with Gasteiger partial charge in [-0.2, -0.15) is 5.26 Å². The molecule has 18 heavy (non-hydrogen) atoms. The van der Waals surface area contributed by atoms with E-state index in [0.717, 1.165) is 18.7 Å². The van der Waals surface area contributed by atoms with Crippen molar-refractivity contribution in [1.29, 1.82) is 5.26 Å². The lowest BCUT2D eigenvalue weighted by atomic mass is 10.1. The second-order valence-corrected chi connectivity index (χ2v) is 4.22. The van der Waals surface area contributed by atoms with Crippen LogP contribution in [-0.2, 0) is 4.79 Å². The third-order valence-corrected chi connectivity index (χ3v) is 3.11. The Bertz CT molecular complexity index is 480. The summed E-state index contributed by atoms with van der Waals surface area (Å²) >= 11 is 0. The highest BCUT2D eigenvalue weighted by molar-refractivity contribution is 5.86. The predicted octanol–water partition coefficient (Wildman–Crippen LogP) is 0.212. The first-order valence-corrected chi connectivity index (χ1v) is 6.01. The van der Waals surface area contributed by atoms with Crippen LogP contribution in [0.5, 0.6) is 0 Å². The molecule has 1 saturated heterocycles. The number of para-hydroxylation sites is 1. The van der Waals surface area contributed by atoms with E-state index in [2.05, 4.69) is 11.4 Å². The first kappa shape index (κ1) is 12.4. The van der Waals surface area contributed by atoms with Crippen molar-refractivity contribution in [3.05, 3.63) is 29.8 Å². The maximum atomic E-state index is 11.9. The zero-order chi connectivity index (χ0) is 13.0. The number of benzene rings is 1. The van der Waals surface area contributed by atoms with Crippen LogP contribution in [0, 0.1) is 11.3 Å². The number of nitrogens with two attached hydrogens (primary N) is 1. The molecule has 5 nitrogen and oxygen atoms in total. The van der Waals surface area contributed by atoms with E-state index >= 15 is 0 Å². The van der Waals surface area contributed by atoms with Crippen LogP contribution in [-0.4, -0.2) is 31.6 Å². The Morgan fingerprint density at radius 2 is 2.28 bits per heavy atom. The minimum atomic E-state index is -0.401. The van der Waals surface area contributed by atoms with Gasteiger partial charge in [-0.25, -0.2) is 0 Å². The van der Waals surface area contributed by atoms with Crippen LogP contribution >= 0.6 is 0 Å². The fraction of sp³-hybridized carbons (Fsp3) is 0.385. The highest BCUT2D eigenvalue weighted by Crippen LogP contribution is 2.23. The Morgan fingerprint density at radius 1 is 1.50 bits per heavy atom. The highest BCUT2D eigenvalue weighted by Gasteiger charge is 2.28. The van der Waals surface area contributed by atoms with Crippen LogP contribution in [0.15, 0.2) is 24.3 Å². The Labute approximate surface area is 106 Å². The maximum Gasteiger partial charge on any atom is 0.244 e. The number of amides is 1. The molecule has 0 radical (unpaired) electrons. The van der Waals surface area contributed by atoms with Crippen LogP contribution in [0.25, 0.3) is 0 Å². The van der Waals surface area contributed by atoms with E-state index in [4.69, 9.17) is 11.0 Å². The monoisotopic (exact) mass is 244 g/mol. The van der Waals surface area contributed by atoms with Gasteiger partial charge < -0.3 is 16.0 Å². The van der Waals surface area contributed by atoms with Gasteiger partial charge in [0, 0.05) is 19.6 Å². The summed E-state index contributed by atoms with van der Waals surface area (Å²) in [4.78, 5) is 13.8. The second-order valence-electron chi connectivity index (χ2n) is 4.22. The lowest BCUT2D eigenvalue weighted by Crippen LogP contribution is -2.49. The van der Waals surface area contributed by atoms with E-state index in [1.54, 1.807) is 6.07 Å². The van der Waals surface area contributed by atoms with E-state index < -0.39 is 6.04 Å². The molecule has 0 aromatic heterocycles. The topological polar surface area (TPSA) is 82.2 Å².